The molecule has 1 N–H and O–H groups in total. The Morgan fingerprint density at radius 1 is 1.06 bits per heavy atom. The molecule has 2 aliphatic heterocycles. The fraction of sp³-hybridized carbons (Fsp3) is 0.375. The first-order valence-electron chi connectivity index (χ1n) is 11.0. The Bertz CT molecular complexity index is 1330. The largest absolute Gasteiger partial charge is 0.497 e. The van der Waals surface area contributed by atoms with Crippen molar-refractivity contribution in [1.82, 2.24) is 4.98 Å². The van der Waals surface area contributed by atoms with Gasteiger partial charge in [0.25, 0.3) is 0 Å². The highest BCUT2D eigenvalue weighted by atomic mass is 32.2. The zero-order valence-electron chi connectivity index (χ0n) is 17.6. The molecule has 1 saturated heterocycles. The number of thioether (sulfide) groups is 1. The fourth-order valence-electron chi connectivity index (χ4n) is 6.79. The van der Waals surface area contributed by atoms with Crippen LogP contribution in [-0.2, 0) is 9.59 Å². The van der Waals surface area contributed by atoms with E-state index in [9.17, 15) is 14.4 Å². The van der Waals surface area contributed by atoms with Gasteiger partial charge in [0, 0.05) is 5.25 Å². The quantitative estimate of drug-likeness (QED) is 0.575. The number of nitrogens with one attached hydrogen (secondary N) is 1. The molecular formula is C24H20N2O5S2. The molecule has 7 atom stereocenters. The minimum Gasteiger partial charge on any atom is -0.497 e. The Morgan fingerprint density at radius 3 is 2.52 bits per heavy atom. The Labute approximate surface area is 197 Å². The van der Waals surface area contributed by atoms with Crippen molar-refractivity contribution in [2.24, 2.45) is 29.6 Å². The molecule has 168 valence electrons. The highest BCUT2D eigenvalue weighted by molar-refractivity contribution is 8.00. The van der Waals surface area contributed by atoms with Crippen LogP contribution < -0.4 is 14.5 Å². The summed E-state index contributed by atoms with van der Waals surface area (Å²) in [7, 11) is 1.59. The second kappa shape index (κ2) is 6.87. The maximum Gasteiger partial charge on any atom is 0.305 e. The van der Waals surface area contributed by atoms with Crippen LogP contribution in [-0.4, -0.2) is 29.2 Å². The van der Waals surface area contributed by atoms with E-state index >= 15 is 0 Å². The molecule has 2 aromatic heterocycles. The number of fused-ring (bicyclic) bond motifs is 9. The van der Waals surface area contributed by atoms with Crippen LogP contribution in [0.4, 0.5) is 5.69 Å². The van der Waals surface area contributed by atoms with Gasteiger partial charge in [0.05, 0.1) is 46.7 Å². The number of imide groups is 1. The van der Waals surface area contributed by atoms with Crippen molar-refractivity contribution in [2.45, 2.75) is 22.6 Å². The molecule has 2 amide bonds. The number of aromatic nitrogens is 1. The number of hydrogen-bond acceptors (Lipinski definition) is 7. The van der Waals surface area contributed by atoms with Gasteiger partial charge in [-0.25, -0.2) is 0 Å². The molecule has 7 rings (SSSR count). The minimum atomic E-state index is -0.318. The summed E-state index contributed by atoms with van der Waals surface area (Å²) in [5.74, 6) is 0.956. The van der Waals surface area contributed by atoms with Crippen LogP contribution in [0.25, 0.3) is 0 Å². The minimum absolute atomic E-state index is 0.0703. The van der Waals surface area contributed by atoms with Crippen LogP contribution in [0.1, 0.15) is 23.0 Å². The number of carbonyl (C=O) groups is 2. The van der Waals surface area contributed by atoms with E-state index in [1.807, 2.05) is 12.1 Å². The summed E-state index contributed by atoms with van der Waals surface area (Å²) in [6.45, 7) is 0. The van der Waals surface area contributed by atoms with Gasteiger partial charge in [-0.1, -0.05) is 11.3 Å². The van der Waals surface area contributed by atoms with E-state index in [-0.39, 0.29) is 57.4 Å². The van der Waals surface area contributed by atoms with Crippen molar-refractivity contribution in [3.05, 3.63) is 63.0 Å². The fourth-order valence-corrected chi connectivity index (χ4v) is 9.66. The first-order valence-corrected chi connectivity index (χ1v) is 12.7. The van der Waals surface area contributed by atoms with Gasteiger partial charge in [-0.15, -0.1) is 11.8 Å². The summed E-state index contributed by atoms with van der Waals surface area (Å²) >= 11 is 2.92. The molecule has 1 aromatic carbocycles. The summed E-state index contributed by atoms with van der Waals surface area (Å²) in [5.41, 5.74) is 0.598. The number of hydrogen-bond donors (Lipinski definition) is 1. The van der Waals surface area contributed by atoms with Crippen LogP contribution in [0.15, 0.2) is 56.9 Å². The zero-order valence-corrected chi connectivity index (χ0v) is 19.2. The second-order valence-electron chi connectivity index (χ2n) is 9.19. The highest BCUT2D eigenvalue weighted by Crippen LogP contribution is 2.68. The molecule has 4 heterocycles. The second-order valence-corrected chi connectivity index (χ2v) is 11.4. The van der Waals surface area contributed by atoms with Crippen molar-refractivity contribution in [2.75, 3.05) is 12.0 Å². The molecule has 0 unspecified atom stereocenters. The van der Waals surface area contributed by atoms with Crippen LogP contribution in [0, 0.1) is 29.6 Å². The van der Waals surface area contributed by atoms with Gasteiger partial charge in [0.1, 0.15) is 11.5 Å². The first-order chi connectivity index (χ1) is 16.1. The molecule has 2 aliphatic carbocycles. The third-order valence-electron chi connectivity index (χ3n) is 7.90. The smallest absolute Gasteiger partial charge is 0.305 e. The summed E-state index contributed by atoms with van der Waals surface area (Å²) in [6, 6.07) is 10.9. The molecule has 33 heavy (non-hydrogen) atoms. The van der Waals surface area contributed by atoms with E-state index in [1.165, 1.54) is 16.2 Å². The third-order valence-corrected chi connectivity index (χ3v) is 10.5. The van der Waals surface area contributed by atoms with E-state index in [0.29, 0.717) is 11.4 Å². The molecule has 2 bridgehead atoms. The summed E-state index contributed by atoms with van der Waals surface area (Å²) < 4.78 is 11.1. The zero-order chi connectivity index (χ0) is 22.4. The lowest BCUT2D eigenvalue weighted by Gasteiger charge is -2.42. The molecule has 2 saturated carbocycles. The van der Waals surface area contributed by atoms with Crippen molar-refractivity contribution >= 4 is 40.6 Å². The molecule has 9 heteroatoms. The number of amides is 2. The van der Waals surface area contributed by atoms with Gasteiger partial charge in [-0.3, -0.25) is 19.3 Å². The van der Waals surface area contributed by atoms with Gasteiger partial charge < -0.3 is 14.1 Å². The third kappa shape index (κ3) is 2.55. The Balaban J connectivity index is 1.30. The molecule has 7 nitrogen and oxygen atoms in total. The lowest BCUT2D eigenvalue weighted by molar-refractivity contribution is -0.123. The van der Waals surface area contributed by atoms with Crippen molar-refractivity contribution in [1.29, 1.82) is 0 Å². The van der Waals surface area contributed by atoms with Crippen molar-refractivity contribution in [3.8, 4) is 5.75 Å². The predicted molar refractivity (Wildman–Crippen MR) is 123 cm³/mol. The maximum atomic E-state index is 13.6. The average molecular weight is 481 g/mol. The normalized spacial score (nSPS) is 33.8. The average Bonchev–Trinajstić information content (AvgIpc) is 3.61. The van der Waals surface area contributed by atoms with Gasteiger partial charge in [0.15, 0.2) is 0 Å². The number of benzene rings is 1. The Kier molecular flexibility index (Phi) is 4.09. The number of furan rings is 1. The molecular weight excluding hydrogens is 460 g/mol. The first kappa shape index (κ1) is 19.7. The number of thiazole rings is 1. The van der Waals surface area contributed by atoms with Crippen molar-refractivity contribution < 1.29 is 18.7 Å². The highest BCUT2D eigenvalue weighted by Gasteiger charge is 2.70. The number of anilines is 1. The lowest BCUT2D eigenvalue weighted by atomic mass is 9.69. The van der Waals surface area contributed by atoms with E-state index in [2.05, 4.69) is 4.98 Å². The number of carbonyl (C=O) groups excluding carboxylic acids is 2. The van der Waals surface area contributed by atoms with Gasteiger partial charge >= 0.3 is 4.87 Å². The molecule has 3 fully saturated rings. The summed E-state index contributed by atoms with van der Waals surface area (Å²) in [6.07, 6.45) is 2.52. The lowest BCUT2D eigenvalue weighted by Crippen LogP contribution is -2.42. The van der Waals surface area contributed by atoms with Gasteiger partial charge in [-0.05, 0) is 60.6 Å². The number of methoxy groups -OCH3 is 1. The van der Waals surface area contributed by atoms with Crippen LogP contribution in [0.3, 0.4) is 0 Å². The van der Waals surface area contributed by atoms with E-state index in [1.54, 1.807) is 49.4 Å². The summed E-state index contributed by atoms with van der Waals surface area (Å²) in [5, 5.41) is 1.05. The standard InChI is InChI=1S/C24H20N2O5S2/c1-30-11-6-4-10(5-7-11)26-22(27)16-12-9-13(17(16)23(26)28)19-15(12)18(14-3-2-8-31-14)20-21(32-19)25-24(29)33-20/h2-8,12-13,15-19H,9H2,1H3,(H,25,29)/t12-,13-,15+,16+,17+,18+,19-/m1/s1. The molecule has 4 aliphatic rings. The number of nitrogens with zero attached hydrogens (tertiary/aromatic N) is 1. The van der Waals surface area contributed by atoms with Crippen LogP contribution in [0.2, 0.25) is 0 Å². The Morgan fingerprint density at radius 2 is 1.82 bits per heavy atom. The predicted octanol–water partition coefficient (Wildman–Crippen LogP) is 3.72. The Hall–Kier alpha value is -2.78. The number of H-pyrrole nitrogens is 1. The summed E-state index contributed by atoms with van der Waals surface area (Å²) in [4.78, 5) is 44.7. The molecule has 0 radical (unpaired) electrons. The van der Waals surface area contributed by atoms with Gasteiger partial charge in [-0.2, -0.15) is 0 Å². The SMILES string of the molecule is COc1ccc(N2C(=O)[C@H]3[C@H]4C[C@@H]([C@@H]3C2=O)[C@H]2[C@H](c3ccco3)c3sc(=O)[nH]c3S[C@H]42)cc1. The monoisotopic (exact) mass is 480 g/mol. The van der Waals surface area contributed by atoms with Crippen LogP contribution >= 0.6 is 23.1 Å². The number of aromatic amines is 1. The number of rotatable bonds is 3. The van der Waals surface area contributed by atoms with Crippen molar-refractivity contribution in [3.63, 3.8) is 0 Å². The molecule has 3 aromatic rings. The van der Waals surface area contributed by atoms with E-state index in [0.717, 1.165) is 22.1 Å². The number of ether oxygens (including phenoxy) is 1. The van der Waals surface area contributed by atoms with Crippen LogP contribution in [0.5, 0.6) is 5.75 Å². The topological polar surface area (TPSA) is 92.6 Å². The molecule has 0 spiro atoms. The van der Waals surface area contributed by atoms with E-state index < -0.39 is 0 Å². The van der Waals surface area contributed by atoms with Gasteiger partial charge in [0.2, 0.25) is 11.8 Å². The van der Waals surface area contributed by atoms with E-state index in [4.69, 9.17) is 9.15 Å². The maximum absolute atomic E-state index is 13.6.